The quantitative estimate of drug-likeness (QED) is 0.574. The second-order valence-electron chi connectivity index (χ2n) is 3.96. The summed E-state index contributed by atoms with van der Waals surface area (Å²) in [6.45, 7) is 1.48. The molecule has 3 nitrogen and oxygen atoms in total. The Kier molecular flexibility index (Phi) is 6.00. The number of hydrogen-bond acceptors (Lipinski definition) is 3. The third-order valence-corrected chi connectivity index (χ3v) is 4.60. The summed E-state index contributed by atoms with van der Waals surface area (Å²) in [6.07, 6.45) is 0.187. The first-order valence-electron chi connectivity index (χ1n) is 5.76. The number of rotatable bonds is 7. The van der Waals surface area contributed by atoms with Crippen molar-refractivity contribution in [3.63, 3.8) is 0 Å². The van der Waals surface area contributed by atoms with Gasteiger partial charge in [-0.1, -0.05) is 6.92 Å². The van der Waals surface area contributed by atoms with Gasteiger partial charge in [-0.15, -0.1) is 11.6 Å². The molecule has 0 N–H and O–H groups in total. The summed E-state index contributed by atoms with van der Waals surface area (Å²) in [7, 11) is -3.09. The van der Waals surface area contributed by atoms with Crippen LogP contribution in [0.1, 0.15) is 18.9 Å². The number of halogens is 3. The minimum Gasteiger partial charge on any atom is -0.488 e. The van der Waals surface area contributed by atoms with E-state index >= 15 is 0 Å². The molecule has 0 unspecified atom stereocenters. The smallest absolute Gasteiger partial charge is 0.190 e. The van der Waals surface area contributed by atoms with Crippen LogP contribution in [0, 0.1) is 11.6 Å². The highest BCUT2D eigenvalue weighted by molar-refractivity contribution is 7.91. The van der Waals surface area contributed by atoms with Crippen molar-refractivity contribution in [3.8, 4) is 5.75 Å². The molecule has 1 rings (SSSR count). The Hall–Kier alpha value is -0.880. The fourth-order valence-corrected chi connectivity index (χ4v) is 2.43. The van der Waals surface area contributed by atoms with Crippen molar-refractivity contribution in [2.45, 2.75) is 19.2 Å². The van der Waals surface area contributed by atoms with Crippen LogP contribution in [-0.4, -0.2) is 26.5 Å². The first kappa shape index (κ1) is 16.2. The summed E-state index contributed by atoms with van der Waals surface area (Å²) in [5, 5.41) is 0. The van der Waals surface area contributed by atoms with E-state index in [1.165, 1.54) is 0 Å². The Morgan fingerprint density at radius 2 is 1.84 bits per heavy atom. The molecule has 0 fully saturated rings. The number of alkyl halides is 1. The van der Waals surface area contributed by atoms with Gasteiger partial charge in [-0.3, -0.25) is 0 Å². The molecule has 0 saturated heterocycles. The number of hydrogen-bond donors (Lipinski definition) is 0. The van der Waals surface area contributed by atoms with Crippen LogP contribution >= 0.6 is 11.6 Å². The second kappa shape index (κ2) is 7.05. The Morgan fingerprint density at radius 1 is 1.26 bits per heavy atom. The molecular formula is C12H15ClF2O3S. The fraction of sp³-hybridized carbons (Fsp3) is 0.500. The Bertz CT molecular complexity index is 509. The summed E-state index contributed by atoms with van der Waals surface area (Å²) in [4.78, 5) is 0. The fourth-order valence-electron chi connectivity index (χ4n) is 1.42. The lowest BCUT2D eigenvalue weighted by molar-refractivity contribution is 0.285. The summed E-state index contributed by atoms with van der Waals surface area (Å²) < 4.78 is 54.3. The van der Waals surface area contributed by atoms with Gasteiger partial charge < -0.3 is 4.74 Å². The molecule has 0 saturated carbocycles. The molecule has 0 atom stereocenters. The van der Waals surface area contributed by atoms with Crippen molar-refractivity contribution >= 4 is 21.4 Å². The minimum atomic E-state index is -3.09. The molecule has 19 heavy (non-hydrogen) atoms. The van der Waals surface area contributed by atoms with Crippen LogP contribution in [0.3, 0.4) is 0 Å². The van der Waals surface area contributed by atoms with Crippen LogP contribution < -0.4 is 4.74 Å². The highest BCUT2D eigenvalue weighted by atomic mass is 35.5. The average Bonchev–Trinajstić information content (AvgIpc) is 2.36. The van der Waals surface area contributed by atoms with Crippen LogP contribution in [0.4, 0.5) is 8.78 Å². The van der Waals surface area contributed by atoms with Gasteiger partial charge in [0.1, 0.15) is 9.84 Å². The van der Waals surface area contributed by atoms with Gasteiger partial charge in [0.2, 0.25) is 0 Å². The molecule has 0 radical (unpaired) electrons. The second-order valence-corrected chi connectivity index (χ2v) is 6.70. The monoisotopic (exact) mass is 312 g/mol. The molecule has 1 aromatic carbocycles. The lowest BCUT2D eigenvalue weighted by Gasteiger charge is -2.09. The van der Waals surface area contributed by atoms with Crippen molar-refractivity contribution < 1.29 is 21.9 Å². The predicted octanol–water partition coefficient (Wildman–Crippen LogP) is 2.91. The molecule has 0 aromatic heterocycles. The zero-order valence-corrected chi connectivity index (χ0v) is 12.0. The zero-order chi connectivity index (χ0) is 14.5. The first-order chi connectivity index (χ1) is 8.89. The molecule has 1 aromatic rings. The van der Waals surface area contributed by atoms with Gasteiger partial charge in [-0.2, -0.15) is 0 Å². The van der Waals surface area contributed by atoms with Crippen LogP contribution in [0.25, 0.3) is 0 Å². The minimum absolute atomic E-state index is 0.00284. The van der Waals surface area contributed by atoms with E-state index in [9.17, 15) is 17.2 Å². The number of sulfone groups is 1. The molecule has 0 bridgehead atoms. The molecule has 0 aliphatic heterocycles. The molecule has 7 heteroatoms. The van der Waals surface area contributed by atoms with Crippen molar-refractivity contribution in [1.82, 2.24) is 0 Å². The normalized spacial score (nSPS) is 11.6. The highest BCUT2D eigenvalue weighted by Crippen LogP contribution is 2.24. The topological polar surface area (TPSA) is 43.4 Å². The highest BCUT2D eigenvalue weighted by Gasteiger charge is 2.13. The van der Waals surface area contributed by atoms with Gasteiger partial charge >= 0.3 is 0 Å². The van der Waals surface area contributed by atoms with Gasteiger partial charge in [0.15, 0.2) is 17.4 Å². The van der Waals surface area contributed by atoms with E-state index in [1.54, 1.807) is 6.92 Å². The van der Waals surface area contributed by atoms with Crippen molar-refractivity contribution in [2.24, 2.45) is 0 Å². The van der Waals surface area contributed by atoms with Gasteiger partial charge in [-0.25, -0.2) is 17.2 Å². The van der Waals surface area contributed by atoms with Gasteiger partial charge in [0.25, 0.3) is 0 Å². The number of benzene rings is 1. The Labute approximate surface area is 116 Å². The molecule has 0 amide bonds. The summed E-state index contributed by atoms with van der Waals surface area (Å²) in [5.41, 5.74) is 0.317. The van der Waals surface area contributed by atoms with E-state index in [0.29, 0.717) is 5.56 Å². The lowest BCUT2D eigenvalue weighted by atomic mass is 10.2. The Balaban J connectivity index is 2.59. The molecule has 0 heterocycles. The largest absolute Gasteiger partial charge is 0.488 e. The van der Waals surface area contributed by atoms with E-state index in [2.05, 4.69) is 0 Å². The lowest BCUT2D eigenvalue weighted by Crippen LogP contribution is -2.12. The molecule has 0 aliphatic rings. The van der Waals surface area contributed by atoms with E-state index in [4.69, 9.17) is 16.3 Å². The maximum atomic E-state index is 13.5. The van der Waals surface area contributed by atoms with Crippen molar-refractivity contribution in [3.05, 3.63) is 29.3 Å². The zero-order valence-electron chi connectivity index (χ0n) is 10.5. The van der Waals surface area contributed by atoms with E-state index < -0.39 is 27.2 Å². The molecular weight excluding hydrogens is 298 g/mol. The first-order valence-corrected chi connectivity index (χ1v) is 8.12. The number of ether oxygens (including phenoxy) is 1. The van der Waals surface area contributed by atoms with Crippen LogP contribution in [0.15, 0.2) is 12.1 Å². The van der Waals surface area contributed by atoms with E-state index in [1.807, 2.05) is 0 Å². The summed E-state index contributed by atoms with van der Waals surface area (Å²) >= 11 is 5.48. The average molecular weight is 313 g/mol. The Morgan fingerprint density at radius 3 is 2.32 bits per heavy atom. The van der Waals surface area contributed by atoms with Crippen LogP contribution in [-0.2, 0) is 15.7 Å². The standard InChI is InChI=1S/C12H15ClF2O3S/c1-2-19(16,17)5-3-4-18-12-10(14)6-9(8-13)7-11(12)15/h6-7H,2-5,8H2,1H3. The van der Waals surface area contributed by atoms with Gasteiger partial charge in [-0.05, 0) is 24.1 Å². The van der Waals surface area contributed by atoms with Crippen LogP contribution in [0.5, 0.6) is 5.75 Å². The molecule has 0 spiro atoms. The molecule has 108 valence electrons. The van der Waals surface area contributed by atoms with Crippen LogP contribution in [0.2, 0.25) is 0 Å². The van der Waals surface area contributed by atoms with Crippen molar-refractivity contribution in [1.29, 1.82) is 0 Å². The van der Waals surface area contributed by atoms with E-state index in [0.717, 1.165) is 12.1 Å². The third-order valence-electron chi connectivity index (χ3n) is 2.50. The summed E-state index contributed by atoms with van der Waals surface area (Å²) in [6, 6.07) is 2.18. The molecule has 0 aliphatic carbocycles. The maximum Gasteiger partial charge on any atom is 0.190 e. The van der Waals surface area contributed by atoms with Gasteiger partial charge in [0, 0.05) is 11.6 Å². The SMILES string of the molecule is CCS(=O)(=O)CCCOc1c(F)cc(CCl)cc1F. The van der Waals surface area contributed by atoms with E-state index in [-0.39, 0.29) is 30.4 Å². The van der Waals surface area contributed by atoms with Gasteiger partial charge in [0.05, 0.1) is 12.4 Å². The third kappa shape index (κ3) is 4.95. The maximum absolute atomic E-state index is 13.5. The summed E-state index contributed by atoms with van der Waals surface area (Å²) in [5.74, 6) is -2.19. The predicted molar refractivity (Wildman–Crippen MR) is 70.4 cm³/mol. The van der Waals surface area contributed by atoms with Crippen molar-refractivity contribution in [2.75, 3.05) is 18.1 Å².